The van der Waals surface area contributed by atoms with E-state index >= 15 is 0 Å². The minimum absolute atomic E-state index is 0.0592. The molecule has 0 bridgehead atoms. The predicted molar refractivity (Wildman–Crippen MR) is 101 cm³/mol. The van der Waals surface area contributed by atoms with Crippen LogP contribution < -0.4 is 4.74 Å². The van der Waals surface area contributed by atoms with Crippen molar-refractivity contribution in [2.24, 2.45) is 0 Å². The van der Waals surface area contributed by atoms with E-state index in [9.17, 15) is 9.59 Å². The van der Waals surface area contributed by atoms with Crippen molar-refractivity contribution in [2.75, 3.05) is 67.1 Å². The first-order valence-electron chi connectivity index (χ1n) is 9.04. The van der Waals surface area contributed by atoms with E-state index in [0.29, 0.717) is 44.2 Å². The Bertz CT molecular complexity index is 638. The van der Waals surface area contributed by atoms with E-state index in [2.05, 4.69) is 0 Å². The first-order chi connectivity index (χ1) is 12.9. The average Bonchev–Trinajstić information content (AvgIpc) is 2.60. The number of aliphatic carboxylic acids is 1. The van der Waals surface area contributed by atoms with Crippen LogP contribution in [-0.4, -0.2) is 105 Å². The maximum absolute atomic E-state index is 13.0. The molecular formula is C19H29N3O5. The number of carbonyl (C=O) groups excluding carboxylic acids is 1. The van der Waals surface area contributed by atoms with Crippen molar-refractivity contribution < 1.29 is 24.2 Å². The van der Waals surface area contributed by atoms with E-state index in [1.165, 1.54) is 0 Å². The van der Waals surface area contributed by atoms with Gasteiger partial charge >= 0.3 is 5.97 Å². The zero-order valence-corrected chi connectivity index (χ0v) is 16.3. The SMILES string of the molecule is CN(C)CCOc1ccccc1C(=O)N1CCOC(CN(C)CC(=O)O)C1. The molecule has 0 radical (unpaired) electrons. The second-order valence-corrected chi connectivity index (χ2v) is 6.98. The minimum Gasteiger partial charge on any atom is -0.491 e. The summed E-state index contributed by atoms with van der Waals surface area (Å²) in [4.78, 5) is 29.3. The molecule has 27 heavy (non-hydrogen) atoms. The van der Waals surface area contributed by atoms with Gasteiger partial charge in [-0.1, -0.05) is 12.1 Å². The van der Waals surface area contributed by atoms with Gasteiger partial charge in [-0.2, -0.15) is 0 Å². The molecule has 0 aliphatic carbocycles. The molecule has 0 aromatic heterocycles. The highest BCUT2D eigenvalue weighted by molar-refractivity contribution is 5.97. The van der Waals surface area contributed by atoms with Gasteiger partial charge in [-0.15, -0.1) is 0 Å². The Labute approximate surface area is 160 Å². The third-order valence-corrected chi connectivity index (χ3v) is 4.26. The number of benzene rings is 1. The van der Waals surface area contributed by atoms with Crippen molar-refractivity contribution in [1.29, 1.82) is 0 Å². The Kier molecular flexibility index (Phi) is 8.02. The molecule has 1 heterocycles. The molecule has 150 valence electrons. The van der Waals surface area contributed by atoms with Gasteiger partial charge in [0.05, 0.1) is 24.8 Å². The highest BCUT2D eigenvalue weighted by atomic mass is 16.5. The maximum Gasteiger partial charge on any atom is 0.317 e. The third-order valence-electron chi connectivity index (χ3n) is 4.26. The van der Waals surface area contributed by atoms with E-state index < -0.39 is 5.97 Å². The molecule has 1 amide bonds. The van der Waals surface area contributed by atoms with Crippen molar-refractivity contribution in [3.63, 3.8) is 0 Å². The van der Waals surface area contributed by atoms with Crippen LogP contribution in [0.25, 0.3) is 0 Å². The Morgan fingerprint density at radius 3 is 2.74 bits per heavy atom. The molecule has 1 atom stereocenters. The summed E-state index contributed by atoms with van der Waals surface area (Å²) in [6.45, 7) is 3.02. The largest absolute Gasteiger partial charge is 0.491 e. The zero-order chi connectivity index (χ0) is 19.8. The molecule has 1 fully saturated rings. The molecule has 8 nitrogen and oxygen atoms in total. The van der Waals surface area contributed by atoms with Crippen LogP contribution in [0.15, 0.2) is 24.3 Å². The summed E-state index contributed by atoms with van der Waals surface area (Å²) >= 11 is 0. The number of carbonyl (C=O) groups is 2. The van der Waals surface area contributed by atoms with Gasteiger partial charge in [0.1, 0.15) is 12.4 Å². The smallest absolute Gasteiger partial charge is 0.317 e. The lowest BCUT2D eigenvalue weighted by Gasteiger charge is -2.34. The second kappa shape index (κ2) is 10.2. The second-order valence-electron chi connectivity index (χ2n) is 6.98. The Hall–Kier alpha value is -2.16. The summed E-state index contributed by atoms with van der Waals surface area (Å²) in [5.74, 6) is -0.398. The average molecular weight is 379 g/mol. The van der Waals surface area contributed by atoms with Crippen molar-refractivity contribution in [3.05, 3.63) is 29.8 Å². The molecule has 1 aliphatic rings. The van der Waals surface area contributed by atoms with Crippen molar-refractivity contribution in [3.8, 4) is 5.75 Å². The molecule has 1 aromatic rings. The van der Waals surface area contributed by atoms with Gasteiger partial charge in [-0.3, -0.25) is 14.5 Å². The summed E-state index contributed by atoms with van der Waals surface area (Å²) in [6.07, 6.45) is -0.214. The molecule has 1 N–H and O–H groups in total. The fraction of sp³-hybridized carbons (Fsp3) is 0.579. The van der Waals surface area contributed by atoms with Gasteiger partial charge in [-0.05, 0) is 33.3 Å². The van der Waals surface area contributed by atoms with Crippen LogP contribution in [0.5, 0.6) is 5.75 Å². The number of hydrogen-bond acceptors (Lipinski definition) is 6. The van der Waals surface area contributed by atoms with Gasteiger partial charge in [-0.25, -0.2) is 0 Å². The molecule has 8 heteroatoms. The normalized spacial score (nSPS) is 17.4. The summed E-state index contributed by atoms with van der Waals surface area (Å²) in [6, 6.07) is 7.26. The van der Waals surface area contributed by atoms with Gasteiger partial charge < -0.3 is 24.4 Å². The summed E-state index contributed by atoms with van der Waals surface area (Å²) in [5, 5.41) is 8.87. The monoisotopic (exact) mass is 379 g/mol. The quantitative estimate of drug-likeness (QED) is 0.668. The van der Waals surface area contributed by atoms with E-state index in [4.69, 9.17) is 14.6 Å². The highest BCUT2D eigenvalue weighted by Crippen LogP contribution is 2.21. The highest BCUT2D eigenvalue weighted by Gasteiger charge is 2.27. The zero-order valence-electron chi connectivity index (χ0n) is 16.3. The molecule has 1 saturated heterocycles. The van der Waals surface area contributed by atoms with Crippen LogP contribution in [0.1, 0.15) is 10.4 Å². The van der Waals surface area contributed by atoms with Gasteiger partial charge in [0.15, 0.2) is 0 Å². The number of likely N-dealkylation sites (N-methyl/N-ethyl adjacent to an activating group) is 2. The van der Waals surface area contributed by atoms with Crippen molar-refractivity contribution in [2.45, 2.75) is 6.10 Å². The van der Waals surface area contributed by atoms with E-state index in [0.717, 1.165) is 6.54 Å². The van der Waals surface area contributed by atoms with Gasteiger partial charge in [0.2, 0.25) is 0 Å². The third kappa shape index (κ3) is 6.82. The molecule has 1 aromatic carbocycles. The number of para-hydroxylation sites is 1. The Morgan fingerprint density at radius 1 is 1.30 bits per heavy atom. The lowest BCUT2D eigenvalue weighted by atomic mass is 10.1. The maximum atomic E-state index is 13.0. The standard InChI is InChI=1S/C19H29N3O5/c1-20(2)8-10-27-17-7-5-4-6-16(17)19(25)22-9-11-26-15(13-22)12-21(3)14-18(23)24/h4-7,15H,8-14H2,1-3H3,(H,23,24). The number of morpholine rings is 1. The lowest BCUT2D eigenvalue weighted by Crippen LogP contribution is -2.49. The fourth-order valence-corrected chi connectivity index (χ4v) is 2.94. The summed E-state index contributed by atoms with van der Waals surface area (Å²) in [7, 11) is 5.66. The van der Waals surface area contributed by atoms with Crippen LogP contribution in [-0.2, 0) is 9.53 Å². The van der Waals surface area contributed by atoms with E-state index in [1.807, 2.05) is 37.2 Å². The topological polar surface area (TPSA) is 82.6 Å². The molecule has 1 unspecified atom stereocenters. The molecular weight excluding hydrogens is 350 g/mol. The molecule has 0 saturated carbocycles. The number of amides is 1. The number of nitrogens with zero attached hydrogens (tertiary/aromatic N) is 3. The van der Waals surface area contributed by atoms with Gasteiger partial charge in [0.25, 0.3) is 5.91 Å². The van der Waals surface area contributed by atoms with Crippen LogP contribution in [0.4, 0.5) is 0 Å². The first-order valence-corrected chi connectivity index (χ1v) is 9.04. The molecule has 1 aliphatic heterocycles. The van der Waals surface area contributed by atoms with Crippen LogP contribution in [0.2, 0.25) is 0 Å². The Balaban J connectivity index is 1.99. The van der Waals surface area contributed by atoms with E-state index in [1.54, 1.807) is 22.9 Å². The first kappa shape index (κ1) is 21.1. The summed E-state index contributed by atoms with van der Waals surface area (Å²) < 4.78 is 11.5. The fourth-order valence-electron chi connectivity index (χ4n) is 2.94. The van der Waals surface area contributed by atoms with Crippen LogP contribution >= 0.6 is 0 Å². The summed E-state index contributed by atoms with van der Waals surface area (Å²) in [5.41, 5.74) is 0.538. The number of carboxylic acids is 1. The van der Waals surface area contributed by atoms with E-state index in [-0.39, 0.29) is 18.6 Å². The van der Waals surface area contributed by atoms with Gasteiger partial charge in [0, 0.05) is 26.2 Å². The van der Waals surface area contributed by atoms with Crippen molar-refractivity contribution in [1.82, 2.24) is 14.7 Å². The van der Waals surface area contributed by atoms with Crippen molar-refractivity contribution >= 4 is 11.9 Å². The number of ether oxygens (including phenoxy) is 2. The van der Waals surface area contributed by atoms with Crippen LogP contribution in [0, 0.1) is 0 Å². The molecule has 0 spiro atoms. The minimum atomic E-state index is -0.884. The molecule has 2 rings (SSSR count). The predicted octanol–water partition coefficient (Wildman–Crippen LogP) is 0.484. The number of carboxylic acid groups (broad SMARTS) is 1. The Morgan fingerprint density at radius 2 is 2.04 bits per heavy atom. The number of rotatable bonds is 9. The van der Waals surface area contributed by atoms with Crippen LogP contribution in [0.3, 0.4) is 0 Å². The lowest BCUT2D eigenvalue weighted by molar-refractivity contribution is -0.138. The number of hydrogen-bond donors (Lipinski definition) is 1.